The van der Waals surface area contributed by atoms with Gasteiger partial charge in [0.1, 0.15) is 0 Å². The van der Waals surface area contributed by atoms with Crippen molar-refractivity contribution in [3.05, 3.63) is 0 Å². The Balaban J connectivity index is 0.000000600. The number of hydrogen-bond acceptors (Lipinski definition) is 18. The van der Waals surface area contributed by atoms with Gasteiger partial charge in [-0.1, -0.05) is 57.8 Å². The molecule has 6 N–H and O–H groups in total. The molecule has 600 valence electrons. The Bertz CT molecular complexity index is 1690. The van der Waals surface area contributed by atoms with Crippen LogP contribution in [0, 0.1) is 17.8 Å². The fourth-order valence-electron chi connectivity index (χ4n) is 11.6. The summed E-state index contributed by atoms with van der Waals surface area (Å²) in [4.78, 5) is 15.0. The Labute approximate surface area is 617 Å². The lowest BCUT2D eigenvalue weighted by Crippen LogP contribution is -2.37. The van der Waals surface area contributed by atoms with E-state index in [4.69, 9.17) is 28.4 Å². The van der Waals surface area contributed by atoms with Crippen molar-refractivity contribution in [1.29, 1.82) is 0 Å². The molecule has 6 atom stereocenters. The van der Waals surface area contributed by atoms with Crippen molar-refractivity contribution >= 4 is 0 Å². The second-order valence-electron chi connectivity index (χ2n) is 34.8. The molecule has 0 aliphatic carbocycles. The lowest BCUT2D eigenvalue weighted by atomic mass is 10.0. The van der Waals surface area contributed by atoms with Crippen LogP contribution in [0.5, 0.6) is 0 Å². The minimum absolute atomic E-state index is 0.0922. The van der Waals surface area contributed by atoms with Crippen molar-refractivity contribution in [2.45, 2.75) is 337 Å². The molecule has 18 heteroatoms. The molecule has 6 saturated heterocycles. The molecule has 0 aromatic heterocycles. The Kier molecular flexibility index (Phi) is 57.7. The molecule has 6 heterocycles. The molecular weight excluding hydrogens is 1260 g/mol. The van der Waals surface area contributed by atoms with Gasteiger partial charge in [0.25, 0.3) is 0 Å². The molecule has 0 aromatic carbocycles. The van der Waals surface area contributed by atoms with E-state index in [2.05, 4.69) is 70.9 Å². The van der Waals surface area contributed by atoms with E-state index in [9.17, 15) is 30.6 Å². The molecule has 2 unspecified atom stereocenters. The van der Waals surface area contributed by atoms with Gasteiger partial charge in [-0.2, -0.15) is 0 Å². The summed E-state index contributed by atoms with van der Waals surface area (Å²) in [5.74, 6) is 0.954. The predicted octanol–water partition coefficient (Wildman–Crippen LogP) is 13.4. The van der Waals surface area contributed by atoms with E-state index in [1.807, 2.05) is 69.2 Å². The van der Waals surface area contributed by atoms with E-state index in [1.165, 1.54) is 233 Å². The first-order valence-corrected chi connectivity index (χ1v) is 41.4. The molecular formula is C82H170N6O12. The van der Waals surface area contributed by atoms with Crippen molar-refractivity contribution in [2.75, 3.05) is 177 Å². The van der Waals surface area contributed by atoms with Gasteiger partial charge < -0.3 is 88.5 Å². The van der Waals surface area contributed by atoms with Crippen molar-refractivity contribution < 1.29 is 59.1 Å². The fourth-order valence-corrected chi connectivity index (χ4v) is 11.6. The first kappa shape index (κ1) is 97.3. The number of rotatable bonds is 50. The van der Waals surface area contributed by atoms with Gasteiger partial charge in [-0.25, -0.2) is 0 Å². The third kappa shape index (κ3) is 62.3. The molecule has 100 heavy (non-hydrogen) atoms. The fraction of sp³-hybridized carbons (Fsp3) is 1.00. The van der Waals surface area contributed by atoms with Crippen molar-refractivity contribution in [2.24, 2.45) is 17.8 Å². The van der Waals surface area contributed by atoms with E-state index in [0.29, 0.717) is 57.4 Å². The molecule has 6 aliphatic rings. The number of ether oxygens (including phenoxy) is 6. The zero-order chi connectivity index (χ0) is 74.5. The Hall–Kier alpha value is -0.720. The van der Waals surface area contributed by atoms with E-state index in [1.54, 1.807) is 0 Å². The molecule has 0 saturated carbocycles. The van der Waals surface area contributed by atoms with Crippen LogP contribution in [0.2, 0.25) is 0 Å². The van der Waals surface area contributed by atoms with Crippen LogP contribution in [0.4, 0.5) is 0 Å². The Morgan fingerprint density at radius 2 is 0.460 bits per heavy atom. The SMILES string of the molecule is CC(C)(C)OCC(O)CCCCCN1CCC1.CC(C)(C)OC[C@@H](CO)CCCCN1CCC1.CC(C)(C)OC[C@H](CO)CCCCN1CCC1.CC(C)(C)OC[C@H](O)CCCCCN1CCC1.CC(C)OCC(CO)CCCCN1CCC1.CC(C)OC[C@@H](O)CCCCCN1CCC1. The molecule has 0 radical (unpaired) electrons. The topological polar surface area (TPSA) is 196 Å². The molecule has 6 fully saturated rings. The van der Waals surface area contributed by atoms with Gasteiger partial charge in [0.05, 0.1) is 92.6 Å². The van der Waals surface area contributed by atoms with Crippen molar-refractivity contribution in [1.82, 2.24) is 29.4 Å². The van der Waals surface area contributed by atoms with Gasteiger partial charge in [0.15, 0.2) is 0 Å². The van der Waals surface area contributed by atoms with Crippen LogP contribution in [-0.2, 0) is 28.4 Å². The summed E-state index contributed by atoms with van der Waals surface area (Å²) < 4.78 is 33.5. The highest BCUT2D eigenvalue weighted by Crippen LogP contribution is 2.20. The quantitative estimate of drug-likeness (QED) is 0.0314. The summed E-state index contributed by atoms with van der Waals surface area (Å²) in [6.45, 7) is 59.8. The van der Waals surface area contributed by atoms with Gasteiger partial charge in [0, 0.05) is 37.6 Å². The molecule has 0 bridgehead atoms. The van der Waals surface area contributed by atoms with Gasteiger partial charge in [-0.15, -0.1) is 0 Å². The Morgan fingerprint density at radius 3 is 0.670 bits per heavy atom. The largest absolute Gasteiger partial charge is 0.396 e. The smallest absolute Gasteiger partial charge is 0.0774 e. The summed E-state index contributed by atoms with van der Waals surface area (Å²) in [6.07, 6.45) is 32.0. The number of nitrogens with zero attached hydrogens (tertiary/aromatic N) is 6. The highest BCUT2D eigenvalue weighted by Gasteiger charge is 2.22. The maximum absolute atomic E-state index is 9.74. The predicted molar refractivity (Wildman–Crippen MR) is 418 cm³/mol. The van der Waals surface area contributed by atoms with E-state index < -0.39 is 0 Å². The normalized spacial score (nSPS) is 19.0. The summed E-state index contributed by atoms with van der Waals surface area (Å²) >= 11 is 0. The standard InChI is InChI=1S/4C14H29NO2.2C13H27NO2/c2*1-14(2,3)17-12-13(11-16)7-4-5-8-15-9-6-10-15;2*1-14(2,3)17-12-13(16)8-5-4-6-9-15-10-7-11-15;1-12(2)16-11-13(10-15)6-3-4-7-14-8-5-9-14;1-12(2)16-11-13(15)7-4-3-5-8-14-9-6-10-14/h4*13,16H,4-12H2,1-3H3;2*12-13,15H,3-11H2,1-2H3/t3*13-;;;13-/m101..0/s1. The molecule has 6 aliphatic heterocycles. The van der Waals surface area contributed by atoms with Gasteiger partial charge in [0.2, 0.25) is 0 Å². The maximum atomic E-state index is 9.74. The highest BCUT2D eigenvalue weighted by molar-refractivity contribution is 4.75. The molecule has 18 nitrogen and oxygen atoms in total. The van der Waals surface area contributed by atoms with Crippen LogP contribution in [0.3, 0.4) is 0 Å². The van der Waals surface area contributed by atoms with Crippen LogP contribution < -0.4 is 0 Å². The van der Waals surface area contributed by atoms with Crippen LogP contribution >= 0.6 is 0 Å². The minimum atomic E-state index is -0.293. The van der Waals surface area contributed by atoms with Crippen molar-refractivity contribution in [3.63, 3.8) is 0 Å². The zero-order valence-electron chi connectivity index (χ0n) is 68.6. The second-order valence-corrected chi connectivity index (χ2v) is 34.8. The second kappa shape index (κ2) is 59.3. The summed E-state index contributed by atoms with van der Waals surface area (Å²) in [5.41, 5.74) is -0.465. The van der Waals surface area contributed by atoms with E-state index in [-0.39, 0.29) is 72.7 Å². The third-order valence-corrected chi connectivity index (χ3v) is 19.2. The molecule has 0 spiro atoms. The number of aliphatic hydroxyl groups excluding tert-OH is 6. The molecule has 0 amide bonds. The van der Waals surface area contributed by atoms with Crippen LogP contribution in [0.1, 0.15) is 284 Å². The van der Waals surface area contributed by atoms with Crippen molar-refractivity contribution in [3.8, 4) is 0 Å². The summed E-state index contributed by atoms with van der Waals surface area (Å²) in [7, 11) is 0. The number of likely N-dealkylation sites (tertiary alicyclic amines) is 6. The third-order valence-electron chi connectivity index (χ3n) is 19.2. The van der Waals surface area contributed by atoms with Gasteiger partial charge in [-0.05, 0) is 344 Å². The molecule has 0 aromatic rings. The highest BCUT2D eigenvalue weighted by atomic mass is 16.5. The van der Waals surface area contributed by atoms with Gasteiger partial charge in [-0.3, -0.25) is 0 Å². The number of unbranched alkanes of at least 4 members (excludes halogenated alkanes) is 9. The zero-order valence-corrected chi connectivity index (χ0v) is 68.6. The lowest BCUT2D eigenvalue weighted by molar-refractivity contribution is -0.0510. The average molecular weight is 1430 g/mol. The van der Waals surface area contributed by atoms with Crippen LogP contribution in [0.15, 0.2) is 0 Å². The summed E-state index contributed by atoms with van der Waals surface area (Å²) in [6, 6.07) is 0. The summed E-state index contributed by atoms with van der Waals surface area (Å²) in [5, 5.41) is 56.9. The maximum Gasteiger partial charge on any atom is 0.0774 e. The monoisotopic (exact) mass is 1430 g/mol. The van der Waals surface area contributed by atoms with Gasteiger partial charge >= 0.3 is 0 Å². The lowest BCUT2D eigenvalue weighted by Gasteiger charge is -2.30. The first-order valence-electron chi connectivity index (χ1n) is 41.4. The van der Waals surface area contributed by atoms with Crippen LogP contribution in [0.25, 0.3) is 0 Å². The number of aliphatic hydroxyl groups is 6. The Morgan fingerprint density at radius 1 is 0.260 bits per heavy atom. The first-order chi connectivity index (χ1) is 47.4. The van der Waals surface area contributed by atoms with E-state index >= 15 is 0 Å². The van der Waals surface area contributed by atoms with Crippen LogP contribution in [-0.4, -0.2) is 290 Å². The number of hydrogen-bond donors (Lipinski definition) is 6. The average Bonchev–Trinajstić information content (AvgIpc) is 0.972. The molecule has 6 rings (SSSR count). The minimum Gasteiger partial charge on any atom is -0.396 e. The van der Waals surface area contributed by atoms with E-state index in [0.717, 1.165) is 57.8 Å².